The van der Waals surface area contributed by atoms with Gasteiger partial charge in [-0.3, -0.25) is 0 Å². The Bertz CT molecular complexity index is 587. The zero-order valence-corrected chi connectivity index (χ0v) is 10.6. The van der Waals surface area contributed by atoms with Gasteiger partial charge in [0.25, 0.3) is 0 Å². The van der Waals surface area contributed by atoms with Gasteiger partial charge in [-0.05, 0) is 42.3 Å². The number of nitriles is 1. The molecule has 0 aliphatic heterocycles. The zero-order chi connectivity index (χ0) is 13.7. The minimum absolute atomic E-state index is 0.110. The lowest BCUT2D eigenvalue weighted by molar-refractivity contribution is 0.571. The second-order valence-electron chi connectivity index (χ2n) is 4.32. The van der Waals surface area contributed by atoms with Crippen LogP contribution in [0.5, 0.6) is 0 Å². The number of pyridine rings is 1. The lowest BCUT2D eigenvalue weighted by Crippen LogP contribution is -2.18. The number of halogens is 1. The molecule has 3 nitrogen and oxygen atoms in total. The van der Waals surface area contributed by atoms with E-state index >= 15 is 0 Å². The van der Waals surface area contributed by atoms with Crippen molar-refractivity contribution in [3.8, 4) is 6.07 Å². The van der Waals surface area contributed by atoms with Crippen LogP contribution in [-0.4, -0.2) is 4.98 Å². The molecular weight excluding hydrogens is 241 g/mol. The van der Waals surface area contributed by atoms with Crippen LogP contribution in [0, 0.1) is 17.1 Å². The Labute approximate surface area is 111 Å². The van der Waals surface area contributed by atoms with E-state index in [9.17, 15) is 4.39 Å². The highest BCUT2D eigenvalue weighted by molar-refractivity contribution is 5.25. The highest BCUT2D eigenvalue weighted by Gasteiger charge is 2.05. The smallest absolute Gasteiger partial charge is 0.140 e. The third-order valence-electron chi connectivity index (χ3n) is 2.92. The maximum atomic E-state index is 12.8. The van der Waals surface area contributed by atoms with Crippen LogP contribution in [0.1, 0.15) is 29.8 Å². The predicted molar refractivity (Wildman–Crippen MR) is 70.6 cm³/mol. The molecule has 1 aromatic carbocycles. The Morgan fingerprint density at radius 3 is 2.74 bits per heavy atom. The van der Waals surface area contributed by atoms with Crippen LogP contribution < -0.4 is 5.32 Å². The van der Waals surface area contributed by atoms with Gasteiger partial charge in [-0.1, -0.05) is 12.1 Å². The monoisotopic (exact) mass is 255 g/mol. The summed E-state index contributed by atoms with van der Waals surface area (Å²) in [5.41, 5.74) is 2.44. The van der Waals surface area contributed by atoms with Crippen LogP contribution in [0.25, 0.3) is 0 Å². The first-order valence-corrected chi connectivity index (χ1v) is 6.03. The molecule has 0 saturated heterocycles. The molecule has 19 heavy (non-hydrogen) atoms. The summed E-state index contributed by atoms with van der Waals surface area (Å²) in [5, 5.41) is 12.1. The average molecular weight is 255 g/mol. The van der Waals surface area contributed by atoms with Gasteiger partial charge < -0.3 is 5.32 Å². The first-order chi connectivity index (χ1) is 9.19. The third-order valence-corrected chi connectivity index (χ3v) is 2.92. The lowest BCUT2D eigenvalue weighted by atomic mass is 10.1. The fraction of sp³-hybridized carbons (Fsp3) is 0.200. The Kier molecular flexibility index (Phi) is 4.22. The predicted octanol–water partition coefficient (Wildman–Crippen LogP) is 2.94. The minimum atomic E-state index is -0.233. The maximum absolute atomic E-state index is 12.8. The van der Waals surface area contributed by atoms with E-state index in [4.69, 9.17) is 5.26 Å². The summed E-state index contributed by atoms with van der Waals surface area (Å²) in [5.74, 6) is -0.233. The average Bonchev–Trinajstić information content (AvgIpc) is 2.46. The molecule has 0 radical (unpaired) electrons. The van der Waals surface area contributed by atoms with Gasteiger partial charge in [-0.2, -0.15) is 5.26 Å². The van der Waals surface area contributed by atoms with E-state index < -0.39 is 0 Å². The Morgan fingerprint density at radius 1 is 1.32 bits per heavy atom. The van der Waals surface area contributed by atoms with Gasteiger partial charge in [0.2, 0.25) is 0 Å². The molecule has 1 atom stereocenters. The Morgan fingerprint density at radius 2 is 2.05 bits per heavy atom. The highest BCUT2D eigenvalue weighted by atomic mass is 19.1. The number of benzene rings is 1. The molecule has 1 N–H and O–H groups in total. The summed E-state index contributed by atoms with van der Waals surface area (Å²) in [6.07, 6.45) is 1.62. The molecule has 0 unspecified atom stereocenters. The molecule has 1 aromatic heterocycles. The van der Waals surface area contributed by atoms with Gasteiger partial charge in [0.1, 0.15) is 17.6 Å². The van der Waals surface area contributed by atoms with E-state index in [2.05, 4.69) is 10.3 Å². The molecule has 0 spiro atoms. The molecule has 4 heteroatoms. The lowest BCUT2D eigenvalue weighted by Gasteiger charge is -2.14. The Balaban J connectivity index is 1.98. The first kappa shape index (κ1) is 13.2. The van der Waals surface area contributed by atoms with E-state index in [1.54, 1.807) is 24.4 Å². The van der Waals surface area contributed by atoms with Crippen molar-refractivity contribution in [3.05, 3.63) is 65.2 Å². The quantitative estimate of drug-likeness (QED) is 0.913. The van der Waals surface area contributed by atoms with Gasteiger partial charge in [-0.25, -0.2) is 9.37 Å². The van der Waals surface area contributed by atoms with Crippen LogP contribution >= 0.6 is 0 Å². The van der Waals surface area contributed by atoms with Crippen molar-refractivity contribution in [1.82, 2.24) is 10.3 Å². The number of rotatable bonds is 4. The van der Waals surface area contributed by atoms with Crippen molar-refractivity contribution in [1.29, 1.82) is 5.26 Å². The standard InChI is InChI=1S/C15H14FN3/c1-11(13-2-4-14(16)5-3-13)19-10-12-6-7-18-15(8-12)9-17/h2-8,11,19H,10H2,1H3/t11-/m1/s1. The second kappa shape index (κ2) is 6.07. The fourth-order valence-corrected chi connectivity index (χ4v) is 1.79. The molecule has 1 heterocycles. The van der Waals surface area contributed by atoms with Gasteiger partial charge >= 0.3 is 0 Å². The normalized spacial score (nSPS) is 11.8. The number of hydrogen-bond acceptors (Lipinski definition) is 3. The van der Waals surface area contributed by atoms with Crippen molar-refractivity contribution < 1.29 is 4.39 Å². The zero-order valence-electron chi connectivity index (χ0n) is 10.6. The second-order valence-corrected chi connectivity index (χ2v) is 4.32. The van der Waals surface area contributed by atoms with E-state index in [0.717, 1.165) is 11.1 Å². The molecule has 0 amide bonds. The van der Waals surface area contributed by atoms with Crippen molar-refractivity contribution in [2.24, 2.45) is 0 Å². The van der Waals surface area contributed by atoms with Crippen LogP contribution in [0.3, 0.4) is 0 Å². The summed E-state index contributed by atoms with van der Waals surface area (Å²) < 4.78 is 12.8. The van der Waals surface area contributed by atoms with Gasteiger partial charge in [0, 0.05) is 18.8 Å². The maximum Gasteiger partial charge on any atom is 0.140 e. The molecule has 2 rings (SSSR count). The van der Waals surface area contributed by atoms with Gasteiger partial charge in [0.05, 0.1) is 0 Å². The number of hydrogen-bond donors (Lipinski definition) is 1. The van der Waals surface area contributed by atoms with Crippen molar-refractivity contribution >= 4 is 0 Å². The Hall–Kier alpha value is -2.25. The minimum Gasteiger partial charge on any atom is -0.306 e. The summed E-state index contributed by atoms with van der Waals surface area (Å²) in [6.45, 7) is 2.65. The molecule has 96 valence electrons. The fourth-order valence-electron chi connectivity index (χ4n) is 1.79. The molecule has 2 aromatic rings. The molecule has 0 saturated carbocycles. The summed E-state index contributed by atoms with van der Waals surface area (Å²) >= 11 is 0. The van der Waals surface area contributed by atoms with Gasteiger partial charge in [-0.15, -0.1) is 0 Å². The van der Waals surface area contributed by atoms with E-state index in [1.807, 2.05) is 19.1 Å². The molecular formula is C15H14FN3. The summed E-state index contributed by atoms with van der Waals surface area (Å²) in [4.78, 5) is 3.92. The first-order valence-electron chi connectivity index (χ1n) is 6.03. The van der Waals surface area contributed by atoms with Crippen LogP contribution in [-0.2, 0) is 6.54 Å². The van der Waals surface area contributed by atoms with Crippen molar-refractivity contribution in [3.63, 3.8) is 0 Å². The number of aromatic nitrogens is 1. The SMILES string of the molecule is C[C@@H](NCc1ccnc(C#N)c1)c1ccc(F)cc1. The van der Waals surface area contributed by atoms with E-state index in [0.29, 0.717) is 12.2 Å². The summed E-state index contributed by atoms with van der Waals surface area (Å²) in [6, 6.07) is 12.2. The third kappa shape index (κ3) is 3.60. The van der Waals surface area contributed by atoms with Crippen LogP contribution in [0.15, 0.2) is 42.6 Å². The van der Waals surface area contributed by atoms with Crippen molar-refractivity contribution in [2.45, 2.75) is 19.5 Å². The molecule has 0 aliphatic rings. The highest BCUT2D eigenvalue weighted by Crippen LogP contribution is 2.13. The van der Waals surface area contributed by atoms with Gasteiger partial charge in [0.15, 0.2) is 0 Å². The molecule has 0 aliphatic carbocycles. The van der Waals surface area contributed by atoms with Crippen LogP contribution in [0.4, 0.5) is 4.39 Å². The summed E-state index contributed by atoms with van der Waals surface area (Å²) in [7, 11) is 0. The largest absolute Gasteiger partial charge is 0.306 e. The van der Waals surface area contributed by atoms with Crippen LogP contribution in [0.2, 0.25) is 0 Å². The van der Waals surface area contributed by atoms with E-state index in [1.165, 1.54) is 12.1 Å². The van der Waals surface area contributed by atoms with Crippen molar-refractivity contribution in [2.75, 3.05) is 0 Å². The number of nitrogens with one attached hydrogen (secondary N) is 1. The van der Waals surface area contributed by atoms with E-state index in [-0.39, 0.29) is 11.9 Å². The molecule has 0 fully saturated rings. The topological polar surface area (TPSA) is 48.7 Å². The molecule has 0 bridgehead atoms. The number of nitrogens with zero attached hydrogens (tertiary/aromatic N) is 2.